The Balaban J connectivity index is 1.41. The maximum atomic E-state index is 12.6. The highest BCUT2D eigenvalue weighted by Gasteiger charge is 2.53. The van der Waals surface area contributed by atoms with Crippen molar-refractivity contribution in [1.82, 2.24) is 10.5 Å². The van der Waals surface area contributed by atoms with Gasteiger partial charge in [-0.25, -0.2) is 0 Å². The highest BCUT2D eigenvalue weighted by Crippen LogP contribution is 2.48. The maximum Gasteiger partial charge on any atom is 0.232 e. The van der Waals surface area contributed by atoms with Crippen LogP contribution in [0.4, 0.5) is 0 Å². The molecule has 1 aromatic carbocycles. The molecule has 5 heteroatoms. The van der Waals surface area contributed by atoms with E-state index in [9.17, 15) is 4.79 Å². The normalized spacial score (nSPS) is 15.2. The average Bonchev–Trinajstić information content (AvgIpc) is 3.02. The summed E-state index contributed by atoms with van der Waals surface area (Å²) >= 11 is 0. The molecule has 1 aliphatic carbocycles. The van der Waals surface area contributed by atoms with Gasteiger partial charge in [0.25, 0.3) is 0 Å². The Bertz CT molecular complexity index is 817. The van der Waals surface area contributed by atoms with Gasteiger partial charge in [-0.2, -0.15) is 0 Å². The van der Waals surface area contributed by atoms with Crippen molar-refractivity contribution in [2.75, 3.05) is 6.54 Å². The van der Waals surface area contributed by atoms with E-state index in [1.165, 1.54) is 5.56 Å². The Morgan fingerprint density at radius 3 is 2.67 bits per heavy atom. The number of carbonyl (C=O) groups excluding carboxylic acids is 1. The second-order valence-electron chi connectivity index (χ2n) is 6.13. The van der Waals surface area contributed by atoms with E-state index >= 15 is 0 Å². The second kappa shape index (κ2) is 6.00. The van der Waals surface area contributed by atoms with Crippen LogP contribution in [0.5, 0.6) is 0 Å². The van der Waals surface area contributed by atoms with Crippen LogP contribution in [0.2, 0.25) is 0 Å². The minimum atomic E-state index is -0.537. The molecule has 24 heavy (non-hydrogen) atoms. The quantitative estimate of drug-likeness (QED) is 0.756. The Kier molecular flexibility index (Phi) is 3.69. The predicted molar refractivity (Wildman–Crippen MR) is 88.3 cm³/mol. The number of rotatable bonds is 6. The standard InChI is InChI=1S/C19H18N2O3/c22-18(20-11-8-14-5-2-1-3-6-14)19(9-10-19)17-13-16(24-21-17)15-7-4-12-23-15/h1-7,12-13H,8-11H2,(H,20,22). The molecule has 0 unspecified atom stereocenters. The fraction of sp³-hybridized carbons (Fsp3) is 0.263. The van der Waals surface area contributed by atoms with E-state index in [1.807, 2.05) is 30.3 Å². The van der Waals surface area contributed by atoms with Crippen molar-refractivity contribution < 1.29 is 13.7 Å². The molecule has 0 spiro atoms. The first kappa shape index (κ1) is 14.8. The third-order valence-electron chi connectivity index (χ3n) is 4.49. The number of furan rings is 1. The number of hydrogen-bond acceptors (Lipinski definition) is 4. The first-order valence-corrected chi connectivity index (χ1v) is 8.11. The van der Waals surface area contributed by atoms with Crippen LogP contribution in [-0.2, 0) is 16.6 Å². The number of nitrogens with one attached hydrogen (secondary N) is 1. The van der Waals surface area contributed by atoms with Gasteiger partial charge in [0, 0.05) is 12.6 Å². The number of carbonyl (C=O) groups is 1. The molecular formula is C19H18N2O3. The lowest BCUT2D eigenvalue weighted by atomic mass is 10.0. The fourth-order valence-electron chi connectivity index (χ4n) is 2.89. The van der Waals surface area contributed by atoms with E-state index in [0.717, 1.165) is 19.3 Å². The number of benzene rings is 1. The minimum Gasteiger partial charge on any atom is -0.461 e. The van der Waals surface area contributed by atoms with Gasteiger partial charge in [0.05, 0.1) is 17.4 Å². The highest BCUT2D eigenvalue weighted by molar-refractivity contribution is 5.90. The molecule has 0 aliphatic heterocycles. The molecule has 2 aromatic heterocycles. The van der Waals surface area contributed by atoms with Crippen LogP contribution in [0, 0.1) is 0 Å². The zero-order chi connectivity index (χ0) is 16.4. The molecule has 1 fully saturated rings. The third kappa shape index (κ3) is 2.73. The highest BCUT2D eigenvalue weighted by atomic mass is 16.5. The van der Waals surface area contributed by atoms with Crippen LogP contribution in [0.1, 0.15) is 24.1 Å². The predicted octanol–water partition coefficient (Wildman–Crippen LogP) is 3.33. The topological polar surface area (TPSA) is 68.3 Å². The molecule has 1 aliphatic rings. The van der Waals surface area contributed by atoms with Gasteiger partial charge in [-0.3, -0.25) is 4.79 Å². The Morgan fingerprint density at radius 1 is 1.12 bits per heavy atom. The van der Waals surface area contributed by atoms with Crippen molar-refractivity contribution >= 4 is 5.91 Å². The summed E-state index contributed by atoms with van der Waals surface area (Å²) in [5.74, 6) is 1.20. The molecular weight excluding hydrogens is 304 g/mol. The summed E-state index contributed by atoms with van der Waals surface area (Å²) in [6.45, 7) is 0.619. The van der Waals surface area contributed by atoms with Crippen LogP contribution in [0.25, 0.3) is 11.5 Å². The number of aromatic nitrogens is 1. The molecule has 4 rings (SSSR count). The molecule has 1 amide bonds. The van der Waals surface area contributed by atoms with Crippen molar-refractivity contribution in [2.45, 2.75) is 24.7 Å². The summed E-state index contributed by atoms with van der Waals surface area (Å²) in [6, 6.07) is 15.5. The van der Waals surface area contributed by atoms with Crippen LogP contribution in [-0.4, -0.2) is 17.6 Å². The van der Waals surface area contributed by atoms with Gasteiger partial charge in [-0.15, -0.1) is 0 Å². The van der Waals surface area contributed by atoms with Crippen LogP contribution < -0.4 is 5.32 Å². The lowest BCUT2D eigenvalue weighted by molar-refractivity contribution is -0.123. The summed E-state index contributed by atoms with van der Waals surface area (Å²) in [6.07, 6.45) is 4.00. The molecule has 2 heterocycles. The number of nitrogens with zero attached hydrogens (tertiary/aromatic N) is 1. The zero-order valence-corrected chi connectivity index (χ0v) is 13.2. The molecule has 1 N–H and O–H groups in total. The number of hydrogen-bond donors (Lipinski definition) is 1. The monoisotopic (exact) mass is 322 g/mol. The second-order valence-corrected chi connectivity index (χ2v) is 6.13. The van der Waals surface area contributed by atoms with Gasteiger partial charge in [0.1, 0.15) is 0 Å². The molecule has 1 saturated carbocycles. The van der Waals surface area contributed by atoms with Crippen LogP contribution >= 0.6 is 0 Å². The van der Waals surface area contributed by atoms with Gasteiger partial charge in [0.15, 0.2) is 5.76 Å². The molecule has 5 nitrogen and oxygen atoms in total. The van der Waals surface area contributed by atoms with Crippen LogP contribution in [0.3, 0.4) is 0 Å². The average molecular weight is 322 g/mol. The Hall–Kier alpha value is -2.82. The lowest BCUT2D eigenvalue weighted by Crippen LogP contribution is -2.36. The molecule has 122 valence electrons. The van der Waals surface area contributed by atoms with E-state index in [2.05, 4.69) is 22.6 Å². The van der Waals surface area contributed by atoms with Crippen molar-refractivity contribution in [1.29, 1.82) is 0 Å². The summed E-state index contributed by atoms with van der Waals surface area (Å²) in [5.41, 5.74) is 1.36. The SMILES string of the molecule is O=C(NCCc1ccccc1)C1(c2cc(-c3ccco3)on2)CC1. The third-order valence-corrected chi connectivity index (χ3v) is 4.49. The Morgan fingerprint density at radius 2 is 1.96 bits per heavy atom. The van der Waals surface area contributed by atoms with E-state index < -0.39 is 5.41 Å². The summed E-state index contributed by atoms with van der Waals surface area (Å²) in [5, 5.41) is 7.13. The van der Waals surface area contributed by atoms with Crippen LogP contribution in [0.15, 0.2) is 63.7 Å². The van der Waals surface area contributed by atoms with E-state index in [4.69, 9.17) is 8.94 Å². The minimum absolute atomic E-state index is 0.0257. The van der Waals surface area contributed by atoms with E-state index in [1.54, 1.807) is 12.3 Å². The van der Waals surface area contributed by atoms with E-state index in [-0.39, 0.29) is 5.91 Å². The maximum absolute atomic E-state index is 12.6. The number of amides is 1. The summed E-state index contributed by atoms with van der Waals surface area (Å²) in [7, 11) is 0. The van der Waals surface area contributed by atoms with Gasteiger partial charge >= 0.3 is 0 Å². The van der Waals surface area contributed by atoms with Gasteiger partial charge < -0.3 is 14.3 Å². The molecule has 3 aromatic rings. The molecule has 0 bridgehead atoms. The molecule has 0 radical (unpaired) electrons. The Labute approximate surface area is 139 Å². The molecule has 0 atom stereocenters. The largest absolute Gasteiger partial charge is 0.461 e. The smallest absolute Gasteiger partial charge is 0.232 e. The van der Waals surface area contributed by atoms with Crippen molar-refractivity contribution in [3.8, 4) is 11.5 Å². The lowest BCUT2D eigenvalue weighted by Gasteiger charge is -2.12. The fourth-order valence-corrected chi connectivity index (χ4v) is 2.89. The van der Waals surface area contributed by atoms with Crippen molar-refractivity contribution in [3.63, 3.8) is 0 Å². The van der Waals surface area contributed by atoms with E-state index in [0.29, 0.717) is 23.8 Å². The van der Waals surface area contributed by atoms with Gasteiger partial charge in [-0.05, 0) is 37.0 Å². The van der Waals surface area contributed by atoms with Crippen molar-refractivity contribution in [3.05, 3.63) is 66.1 Å². The summed E-state index contributed by atoms with van der Waals surface area (Å²) < 4.78 is 10.6. The summed E-state index contributed by atoms with van der Waals surface area (Å²) in [4.78, 5) is 12.6. The first-order chi connectivity index (χ1) is 11.8. The van der Waals surface area contributed by atoms with Gasteiger partial charge in [-0.1, -0.05) is 35.5 Å². The van der Waals surface area contributed by atoms with Crippen molar-refractivity contribution in [2.24, 2.45) is 0 Å². The first-order valence-electron chi connectivity index (χ1n) is 8.11. The molecule has 0 saturated heterocycles. The van der Waals surface area contributed by atoms with Gasteiger partial charge in [0.2, 0.25) is 11.7 Å². The zero-order valence-electron chi connectivity index (χ0n) is 13.2.